The van der Waals surface area contributed by atoms with E-state index in [9.17, 15) is 9.59 Å². The van der Waals surface area contributed by atoms with Crippen molar-refractivity contribution in [3.8, 4) is 0 Å². The number of rotatable bonds is 23. The highest BCUT2D eigenvalue weighted by molar-refractivity contribution is 5.59. The molecule has 38 heavy (non-hydrogen) atoms. The third-order valence-electron chi connectivity index (χ3n) is 7.92. The number of carbonyl (C=O) groups is 2. The summed E-state index contributed by atoms with van der Waals surface area (Å²) in [5.74, 6) is 0. The quantitative estimate of drug-likeness (QED) is 0.0506. The molecule has 0 bridgehead atoms. The molecule has 10 heteroatoms. The second kappa shape index (κ2) is 27.1. The third kappa shape index (κ3) is 19.9. The van der Waals surface area contributed by atoms with Crippen molar-refractivity contribution in [3.63, 3.8) is 0 Å². The van der Waals surface area contributed by atoms with Gasteiger partial charge in [0.1, 0.15) is 0 Å². The zero-order chi connectivity index (χ0) is 27.1. The summed E-state index contributed by atoms with van der Waals surface area (Å²) < 4.78 is 22.6. The van der Waals surface area contributed by atoms with Gasteiger partial charge in [-0.1, -0.05) is 51.4 Å². The molecule has 0 aromatic carbocycles. The molecule has 0 unspecified atom stereocenters. The van der Waals surface area contributed by atoms with Crippen LogP contribution in [0.5, 0.6) is 0 Å². The van der Waals surface area contributed by atoms with Gasteiger partial charge < -0.3 is 66.9 Å². The standard InChI is InChI=1S/C28H58N2O6.2HI/c1-7-29(8-2,9-3)25-35-27(31)33-23-21-19-17-15-13-14-16-18-20-22-24-34-28(32)36-26-30(10-4,11-5)12-6;;/h7-26H2,1-6H3;2*1H/q+2;;/p-2. The number of unbranched alkanes of at least 4 members (excludes halogenated alkanes) is 9. The number of hydrogen-bond acceptors (Lipinski definition) is 6. The SMILES string of the molecule is CC[N+](CC)(CC)COC(=O)OCCCCCCCCCCCCOC(=O)OC[N+](CC)(CC)CC.[I-].[I-]. The molecule has 0 saturated heterocycles. The summed E-state index contributed by atoms with van der Waals surface area (Å²) in [6, 6.07) is 0. The molecular weight excluding hydrogens is 714 g/mol. The molecule has 0 saturated carbocycles. The van der Waals surface area contributed by atoms with Crippen molar-refractivity contribution in [1.82, 2.24) is 0 Å². The summed E-state index contributed by atoms with van der Waals surface area (Å²) in [6.45, 7) is 20.1. The smallest absolute Gasteiger partial charge is 0.512 e. The zero-order valence-corrected chi connectivity index (χ0v) is 29.6. The van der Waals surface area contributed by atoms with Gasteiger partial charge in [0.15, 0.2) is 0 Å². The Bertz CT molecular complexity index is 497. The second-order valence-corrected chi connectivity index (χ2v) is 9.86. The molecule has 0 aliphatic carbocycles. The Kier molecular flexibility index (Phi) is 30.2. The van der Waals surface area contributed by atoms with Crippen molar-refractivity contribution >= 4 is 12.3 Å². The average Bonchev–Trinajstić information content (AvgIpc) is 2.91. The molecule has 8 nitrogen and oxygen atoms in total. The summed E-state index contributed by atoms with van der Waals surface area (Å²) in [6.07, 6.45) is 10.1. The summed E-state index contributed by atoms with van der Waals surface area (Å²) in [7, 11) is 0. The van der Waals surface area contributed by atoms with Crippen LogP contribution in [-0.2, 0) is 18.9 Å². The lowest BCUT2D eigenvalue weighted by atomic mass is 10.1. The summed E-state index contributed by atoms with van der Waals surface area (Å²) in [4.78, 5) is 23.6. The minimum absolute atomic E-state index is 0. The molecule has 0 rings (SSSR count). The number of nitrogens with zero attached hydrogens (tertiary/aromatic N) is 2. The van der Waals surface area contributed by atoms with Crippen LogP contribution in [0.1, 0.15) is 106 Å². The minimum atomic E-state index is -0.541. The molecule has 0 heterocycles. The van der Waals surface area contributed by atoms with Gasteiger partial charge in [-0.2, -0.15) is 0 Å². The van der Waals surface area contributed by atoms with Crippen molar-refractivity contribution in [2.24, 2.45) is 0 Å². The minimum Gasteiger partial charge on any atom is -1.00 e. The van der Waals surface area contributed by atoms with Crippen molar-refractivity contribution in [1.29, 1.82) is 0 Å². The first-order valence-corrected chi connectivity index (χ1v) is 14.7. The lowest BCUT2D eigenvalue weighted by Crippen LogP contribution is -3.00. The van der Waals surface area contributed by atoms with Crippen LogP contribution < -0.4 is 48.0 Å². The number of hydrogen-bond donors (Lipinski definition) is 0. The van der Waals surface area contributed by atoms with Crippen LogP contribution in [0.2, 0.25) is 0 Å². The molecule has 230 valence electrons. The second-order valence-electron chi connectivity index (χ2n) is 9.86. The molecule has 0 spiro atoms. The van der Waals surface area contributed by atoms with Gasteiger partial charge >= 0.3 is 12.3 Å². The Morgan fingerprint density at radius 1 is 0.421 bits per heavy atom. The van der Waals surface area contributed by atoms with Gasteiger partial charge in [0.2, 0.25) is 13.5 Å². The van der Waals surface area contributed by atoms with E-state index in [4.69, 9.17) is 18.9 Å². The van der Waals surface area contributed by atoms with Crippen LogP contribution in [0.3, 0.4) is 0 Å². The first kappa shape index (κ1) is 42.4. The lowest BCUT2D eigenvalue weighted by molar-refractivity contribution is -0.939. The molecule has 0 amide bonds. The Hall–Kier alpha value is -0.0800. The van der Waals surface area contributed by atoms with Crippen LogP contribution in [0.15, 0.2) is 0 Å². The van der Waals surface area contributed by atoms with Crippen LogP contribution in [0.4, 0.5) is 9.59 Å². The predicted molar refractivity (Wildman–Crippen MR) is 145 cm³/mol. The predicted octanol–water partition coefficient (Wildman–Crippen LogP) is 0.870. The van der Waals surface area contributed by atoms with Gasteiger partial charge in [-0.25, -0.2) is 9.59 Å². The van der Waals surface area contributed by atoms with Crippen molar-refractivity contribution in [2.75, 3.05) is 65.9 Å². The topological polar surface area (TPSA) is 71.1 Å². The van der Waals surface area contributed by atoms with Crippen LogP contribution in [-0.4, -0.2) is 87.2 Å². The fourth-order valence-electron chi connectivity index (χ4n) is 4.28. The maximum absolute atomic E-state index is 11.8. The van der Waals surface area contributed by atoms with Crippen molar-refractivity contribution in [3.05, 3.63) is 0 Å². The van der Waals surface area contributed by atoms with Gasteiger partial charge in [0.05, 0.1) is 52.5 Å². The fraction of sp³-hybridized carbons (Fsp3) is 0.929. The molecule has 0 radical (unpaired) electrons. The first-order chi connectivity index (χ1) is 17.4. The Morgan fingerprint density at radius 2 is 0.658 bits per heavy atom. The number of ether oxygens (including phenoxy) is 4. The van der Waals surface area contributed by atoms with Crippen LogP contribution in [0.25, 0.3) is 0 Å². The molecule has 0 fully saturated rings. The van der Waals surface area contributed by atoms with E-state index in [0.29, 0.717) is 26.7 Å². The highest BCUT2D eigenvalue weighted by Gasteiger charge is 2.24. The molecule has 0 aromatic rings. The highest BCUT2D eigenvalue weighted by Crippen LogP contribution is 2.12. The molecule has 0 aromatic heterocycles. The normalized spacial score (nSPS) is 11.2. The van der Waals surface area contributed by atoms with E-state index in [1.54, 1.807) is 0 Å². The van der Waals surface area contributed by atoms with Crippen LogP contribution in [0, 0.1) is 0 Å². The third-order valence-corrected chi connectivity index (χ3v) is 7.92. The molecular formula is C28H58I2N2O6. The average molecular weight is 773 g/mol. The highest BCUT2D eigenvalue weighted by atomic mass is 127. The van der Waals surface area contributed by atoms with E-state index < -0.39 is 12.3 Å². The largest absolute Gasteiger partial charge is 1.00 e. The van der Waals surface area contributed by atoms with E-state index in [-0.39, 0.29) is 48.0 Å². The Morgan fingerprint density at radius 3 is 0.895 bits per heavy atom. The van der Waals surface area contributed by atoms with Gasteiger partial charge in [0.25, 0.3) is 0 Å². The number of quaternary nitrogens is 2. The zero-order valence-electron chi connectivity index (χ0n) is 25.2. The monoisotopic (exact) mass is 772 g/mol. The van der Waals surface area contributed by atoms with Gasteiger partial charge in [-0.3, -0.25) is 8.97 Å². The summed E-state index contributed by atoms with van der Waals surface area (Å²) in [5.41, 5.74) is 0. The van der Waals surface area contributed by atoms with Crippen molar-refractivity contribution < 1.29 is 85.5 Å². The molecule has 0 aliphatic rings. The Labute approximate surface area is 268 Å². The van der Waals surface area contributed by atoms with E-state index in [2.05, 4.69) is 41.5 Å². The van der Waals surface area contributed by atoms with E-state index in [1.807, 2.05) is 0 Å². The summed E-state index contributed by atoms with van der Waals surface area (Å²) >= 11 is 0. The Balaban J connectivity index is -0.00000612. The number of carbonyl (C=O) groups excluding carboxylic acids is 2. The van der Waals surface area contributed by atoms with Gasteiger partial charge in [0, 0.05) is 0 Å². The molecule has 0 N–H and O–H groups in total. The number of halogens is 2. The van der Waals surface area contributed by atoms with Crippen molar-refractivity contribution in [2.45, 2.75) is 106 Å². The maximum atomic E-state index is 11.8. The van der Waals surface area contributed by atoms with E-state index in [0.717, 1.165) is 73.9 Å². The van der Waals surface area contributed by atoms with E-state index in [1.165, 1.54) is 38.5 Å². The molecule has 0 atom stereocenters. The van der Waals surface area contributed by atoms with Gasteiger partial charge in [-0.05, 0) is 54.4 Å². The maximum Gasteiger partial charge on any atom is 0.512 e. The van der Waals surface area contributed by atoms with Crippen LogP contribution >= 0.6 is 0 Å². The van der Waals surface area contributed by atoms with E-state index >= 15 is 0 Å². The lowest BCUT2D eigenvalue weighted by Gasteiger charge is -2.34. The fourth-order valence-corrected chi connectivity index (χ4v) is 4.28. The summed E-state index contributed by atoms with van der Waals surface area (Å²) in [5, 5.41) is 0. The molecule has 0 aliphatic heterocycles. The first-order valence-electron chi connectivity index (χ1n) is 14.7. The van der Waals surface area contributed by atoms with Gasteiger partial charge in [-0.15, -0.1) is 0 Å².